The van der Waals surface area contributed by atoms with Crippen molar-refractivity contribution in [1.29, 1.82) is 0 Å². The molecule has 0 fully saturated rings. The summed E-state index contributed by atoms with van der Waals surface area (Å²) in [6.07, 6.45) is 0. The van der Waals surface area contributed by atoms with E-state index < -0.39 is 0 Å². The molecule has 5 nitrogen and oxygen atoms in total. The highest BCUT2D eigenvalue weighted by Gasteiger charge is 2.28. The number of ether oxygens (including phenoxy) is 1. The molecular weight excluding hydrogens is 254 g/mol. The van der Waals surface area contributed by atoms with Crippen molar-refractivity contribution in [1.82, 2.24) is 5.32 Å². The van der Waals surface area contributed by atoms with Gasteiger partial charge in [0.1, 0.15) is 5.75 Å². The summed E-state index contributed by atoms with van der Waals surface area (Å²) >= 11 is 0. The van der Waals surface area contributed by atoms with Crippen LogP contribution in [0.2, 0.25) is 0 Å². The fraction of sp³-hybridized carbons (Fsp3) is 0.533. The molecule has 1 atom stereocenters. The number of carbonyl (C=O) groups is 1. The molecule has 0 aliphatic rings. The molecule has 1 aromatic carbocycles. The molecule has 0 heterocycles. The minimum atomic E-state index is -0.389. The zero-order chi connectivity index (χ0) is 15.2. The molecule has 1 unspecified atom stereocenters. The van der Waals surface area contributed by atoms with E-state index in [9.17, 15) is 4.79 Å². The Balaban J connectivity index is 2.59. The largest absolute Gasteiger partial charge is 0.495 e. The van der Waals surface area contributed by atoms with Crippen molar-refractivity contribution in [2.45, 2.75) is 26.3 Å². The molecule has 0 aliphatic carbocycles. The van der Waals surface area contributed by atoms with Gasteiger partial charge in [-0.05, 0) is 25.0 Å². The van der Waals surface area contributed by atoms with E-state index in [0.29, 0.717) is 12.3 Å². The smallest absolute Gasteiger partial charge is 0.239 e. The van der Waals surface area contributed by atoms with Crippen molar-refractivity contribution in [2.75, 3.05) is 25.5 Å². The van der Waals surface area contributed by atoms with E-state index in [-0.39, 0.29) is 23.9 Å². The van der Waals surface area contributed by atoms with E-state index in [4.69, 9.17) is 10.5 Å². The van der Waals surface area contributed by atoms with Crippen LogP contribution in [0.15, 0.2) is 24.3 Å². The molecular formula is C15H25N3O2. The highest BCUT2D eigenvalue weighted by Crippen LogP contribution is 2.22. The van der Waals surface area contributed by atoms with Gasteiger partial charge in [0.05, 0.1) is 24.9 Å². The van der Waals surface area contributed by atoms with Crippen LogP contribution in [0.1, 0.15) is 20.8 Å². The van der Waals surface area contributed by atoms with Gasteiger partial charge in [0, 0.05) is 6.54 Å². The summed E-state index contributed by atoms with van der Waals surface area (Å²) in [5.41, 5.74) is 6.16. The average molecular weight is 279 g/mol. The first-order chi connectivity index (χ1) is 9.42. The van der Waals surface area contributed by atoms with Crippen LogP contribution < -0.4 is 21.1 Å². The lowest BCUT2D eigenvalue weighted by atomic mass is 9.88. The summed E-state index contributed by atoms with van der Waals surface area (Å²) in [5, 5.41) is 6.05. The van der Waals surface area contributed by atoms with Crippen LogP contribution in [-0.2, 0) is 4.79 Å². The first-order valence-corrected chi connectivity index (χ1v) is 6.81. The van der Waals surface area contributed by atoms with Crippen LogP contribution in [0.5, 0.6) is 5.75 Å². The van der Waals surface area contributed by atoms with Crippen molar-refractivity contribution in [3.05, 3.63) is 24.3 Å². The van der Waals surface area contributed by atoms with Gasteiger partial charge >= 0.3 is 0 Å². The summed E-state index contributed by atoms with van der Waals surface area (Å²) in [4.78, 5) is 12.0. The van der Waals surface area contributed by atoms with Crippen LogP contribution in [0.3, 0.4) is 0 Å². The van der Waals surface area contributed by atoms with Gasteiger partial charge in [0.15, 0.2) is 0 Å². The Labute approximate surface area is 120 Å². The maximum atomic E-state index is 12.0. The van der Waals surface area contributed by atoms with E-state index in [0.717, 1.165) is 5.69 Å². The Hall–Kier alpha value is -1.75. The maximum Gasteiger partial charge on any atom is 0.239 e. The van der Waals surface area contributed by atoms with E-state index in [1.54, 1.807) is 7.11 Å². The fourth-order valence-electron chi connectivity index (χ4n) is 1.76. The number of rotatable bonds is 7. The van der Waals surface area contributed by atoms with Gasteiger partial charge in [-0.3, -0.25) is 4.79 Å². The second kappa shape index (κ2) is 7.14. The zero-order valence-electron chi connectivity index (χ0n) is 12.7. The van der Waals surface area contributed by atoms with Crippen LogP contribution in [0.4, 0.5) is 5.69 Å². The number of amides is 1. The molecule has 0 saturated carbocycles. The lowest BCUT2D eigenvalue weighted by molar-refractivity contribution is -0.121. The lowest BCUT2D eigenvalue weighted by Gasteiger charge is -2.33. The van der Waals surface area contributed by atoms with Crippen molar-refractivity contribution in [3.8, 4) is 5.75 Å². The van der Waals surface area contributed by atoms with Gasteiger partial charge in [-0.1, -0.05) is 26.0 Å². The van der Waals surface area contributed by atoms with Crippen molar-refractivity contribution >= 4 is 11.6 Å². The van der Waals surface area contributed by atoms with Crippen LogP contribution in [-0.4, -0.2) is 31.6 Å². The summed E-state index contributed by atoms with van der Waals surface area (Å²) < 4.78 is 5.22. The Morgan fingerprint density at radius 1 is 1.40 bits per heavy atom. The molecule has 1 aromatic rings. The summed E-state index contributed by atoms with van der Waals surface area (Å²) in [6, 6.07) is 7.49. The van der Waals surface area contributed by atoms with Crippen LogP contribution in [0, 0.1) is 5.92 Å². The Morgan fingerprint density at radius 2 is 2.05 bits per heavy atom. The second-order valence-corrected chi connectivity index (χ2v) is 5.38. The Bertz CT molecular complexity index is 448. The quantitative estimate of drug-likeness (QED) is 0.708. The molecule has 0 aromatic heterocycles. The number of benzene rings is 1. The van der Waals surface area contributed by atoms with Gasteiger partial charge in [0.2, 0.25) is 5.91 Å². The number of hydrogen-bond donors (Lipinski definition) is 3. The topological polar surface area (TPSA) is 76.4 Å². The van der Waals surface area contributed by atoms with E-state index in [1.165, 1.54) is 0 Å². The third-order valence-electron chi connectivity index (χ3n) is 3.67. The summed E-state index contributed by atoms with van der Waals surface area (Å²) in [7, 11) is 1.60. The first-order valence-electron chi connectivity index (χ1n) is 6.81. The number of nitrogens with one attached hydrogen (secondary N) is 2. The molecule has 0 saturated heterocycles. The number of para-hydroxylation sites is 2. The first kappa shape index (κ1) is 16.3. The Morgan fingerprint density at radius 3 is 2.60 bits per heavy atom. The normalized spacial score (nSPS) is 13.7. The lowest BCUT2D eigenvalue weighted by Crippen LogP contribution is -2.56. The molecule has 5 heteroatoms. The third kappa shape index (κ3) is 4.13. The van der Waals surface area contributed by atoms with Crippen molar-refractivity contribution in [2.24, 2.45) is 11.7 Å². The SMILES string of the molecule is COc1ccccc1NCC(=O)NC(C)(CN)C(C)C. The van der Waals surface area contributed by atoms with Gasteiger partial charge in [-0.2, -0.15) is 0 Å². The number of anilines is 1. The molecule has 0 radical (unpaired) electrons. The van der Waals surface area contributed by atoms with E-state index in [1.807, 2.05) is 45.0 Å². The second-order valence-electron chi connectivity index (χ2n) is 5.38. The average Bonchev–Trinajstić information content (AvgIpc) is 2.45. The van der Waals surface area contributed by atoms with Crippen molar-refractivity contribution < 1.29 is 9.53 Å². The summed E-state index contributed by atoms with van der Waals surface area (Å²) in [5.74, 6) is 0.894. The standard InChI is InChI=1S/C15H25N3O2/c1-11(2)15(3,10-16)18-14(19)9-17-12-7-5-6-8-13(12)20-4/h5-8,11,17H,9-10,16H2,1-4H3,(H,18,19). The molecule has 0 spiro atoms. The summed E-state index contributed by atoms with van der Waals surface area (Å²) in [6.45, 7) is 6.63. The predicted octanol–water partition coefficient (Wildman–Crippen LogP) is 1.60. The predicted molar refractivity (Wildman–Crippen MR) is 81.9 cm³/mol. The van der Waals surface area contributed by atoms with Gasteiger partial charge in [-0.25, -0.2) is 0 Å². The highest BCUT2D eigenvalue weighted by molar-refractivity contribution is 5.82. The highest BCUT2D eigenvalue weighted by atomic mass is 16.5. The molecule has 1 amide bonds. The number of methoxy groups -OCH3 is 1. The molecule has 0 bridgehead atoms. The minimum Gasteiger partial charge on any atom is -0.495 e. The number of carbonyl (C=O) groups excluding carboxylic acids is 1. The zero-order valence-corrected chi connectivity index (χ0v) is 12.7. The molecule has 112 valence electrons. The van der Waals surface area contributed by atoms with Crippen LogP contribution in [0.25, 0.3) is 0 Å². The molecule has 20 heavy (non-hydrogen) atoms. The number of nitrogens with two attached hydrogens (primary N) is 1. The van der Waals surface area contributed by atoms with Gasteiger partial charge in [-0.15, -0.1) is 0 Å². The Kier molecular flexibility index (Phi) is 5.82. The van der Waals surface area contributed by atoms with Gasteiger partial charge in [0.25, 0.3) is 0 Å². The van der Waals surface area contributed by atoms with Crippen molar-refractivity contribution in [3.63, 3.8) is 0 Å². The van der Waals surface area contributed by atoms with Gasteiger partial charge < -0.3 is 21.1 Å². The van der Waals surface area contributed by atoms with E-state index >= 15 is 0 Å². The minimum absolute atomic E-state index is 0.0856. The molecule has 0 aliphatic heterocycles. The third-order valence-corrected chi connectivity index (χ3v) is 3.67. The monoisotopic (exact) mass is 279 g/mol. The van der Waals surface area contributed by atoms with E-state index in [2.05, 4.69) is 10.6 Å². The van der Waals surface area contributed by atoms with Crippen LogP contribution >= 0.6 is 0 Å². The molecule has 1 rings (SSSR count). The number of hydrogen-bond acceptors (Lipinski definition) is 4. The molecule has 4 N–H and O–H groups in total. The fourth-order valence-corrected chi connectivity index (χ4v) is 1.76. The maximum absolute atomic E-state index is 12.0.